The molecule has 1 aliphatic carbocycles. The van der Waals surface area contributed by atoms with Crippen LogP contribution in [0.15, 0.2) is 0 Å². The van der Waals surface area contributed by atoms with E-state index in [-0.39, 0.29) is 6.61 Å². The second kappa shape index (κ2) is 7.58. The van der Waals surface area contributed by atoms with Crippen molar-refractivity contribution in [2.24, 2.45) is 11.8 Å². The average Bonchev–Trinajstić information content (AvgIpc) is 2.37. The molecule has 0 spiro atoms. The molecule has 19 heavy (non-hydrogen) atoms. The van der Waals surface area contributed by atoms with Crippen LogP contribution in [-0.4, -0.2) is 60.0 Å². The number of hydrogen-bond donors (Lipinski definition) is 3. The molecule has 0 bridgehead atoms. The Bertz CT molecular complexity index is 263. The molecule has 2 fully saturated rings. The van der Waals surface area contributed by atoms with Crippen LogP contribution in [0, 0.1) is 11.8 Å². The maximum absolute atomic E-state index is 9.19. The van der Waals surface area contributed by atoms with E-state index in [0.717, 1.165) is 44.4 Å². The zero-order valence-corrected chi connectivity index (χ0v) is 12.2. The Morgan fingerprint density at radius 2 is 2.00 bits per heavy atom. The Morgan fingerprint density at radius 1 is 1.16 bits per heavy atom. The van der Waals surface area contributed by atoms with Crippen molar-refractivity contribution in [1.29, 1.82) is 0 Å². The van der Waals surface area contributed by atoms with Gasteiger partial charge in [0.15, 0.2) is 0 Å². The summed E-state index contributed by atoms with van der Waals surface area (Å²) in [5.41, 5.74) is 0. The zero-order chi connectivity index (χ0) is 13.7. The van der Waals surface area contributed by atoms with Crippen molar-refractivity contribution in [1.82, 2.24) is 10.2 Å². The largest absolute Gasteiger partial charge is 0.396 e. The van der Waals surface area contributed by atoms with Crippen molar-refractivity contribution in [2.75, 3.05) is 32.8 Å². The first kappa shape index (κ1) is 15.2. The van der Waals surface area contributed by atoms with Crippen molar-refractivity contribution in [3.63, 3.8) is 0 Å². The van der Waals surface area contributed by atoms with Crippen molar-refractivity contribution >= 4 is 0 Å². The van der Waals surface area contributed by atoms with Crippen LogP contribution in [0.1, 0.15) is 39.0 Å². The summed E-state index contributed by atoms with van der Waals surface area (Å²) in [6, 6.07) is 1.30. The summed E-state index contributed by atoms with van der Waals surface area (Å²) in [6.45, 7) is 6.14. The van der Waals surface area contributed by atoms with Crippen LogP contribution in [0.2, 0.25) is 0 Å². The normalized spacial score (nSPS) is 36.2. The molecule has 0 aromatic rings. The van der Waals surface area contributed by atoms with Crippen molar-refractivity contribution in [3.8, 4) is 0 Å². The molecule has 2 rings (SSSR count). The number of rotatable bonds is 7. The average molecular weight is 270 g/mol. The van der Waals surface area contributed by atoms with Gasteiger partial charge in [-0.3, -0.25) is 4.90 Å². The molecule has 0 aromatic heterocycles. The van der Waals surface area contributed by atoms with E-state index in [1.165, 1.54) is 19.3 Å². The highest BCUT2D eigenvalue weighted by molar-refractivity contribution is 4.92. The Kier molecular flexibility index (Phi) is 6.07. The van der Waals surface area contributed by atoms with E-state index in [0.29, 0.717) is 18.6 Å². The quantitative estimate of drug-likeness (QED) is 0.600. The first-order valence-corrected chi connectivity index (χ1v) is 7.93. The van der Waals surface area contributed by atoms with Crippen LogP contribution in [0.3, 0.4) is 0 Å². The Balaban J connectivity index is 1.84. The SMILES string of the molecule is CC1CCC1N1CC(CCO)CC(NCCCO)C1. The highest BCUT2D eigenvalue weighted by atomic mass is 16.3. The molecular weight excluding hydrogens is 240 g/mol. The molecule has 2 aliphatic rings. The summed E-state index contributed by atoms with van der Waals surface area (Å²) < 4.78 is 0. The van der Waals surface area contributed by atoms with Gasteiger partial charge < -0.3 is 15.5 Å². The van der Waals surface area contributed by atoms with Gasteiger partial charge in [0.05, 0.1) is 0 Å². The number of aliphatic hydroxyl groups is 2. The van der Waals surface area contributed by atoms with Gasteiger partial charge >= 0.3 is 0 Å². The van der Waals surface area contributed by atoms with Crippen LogP contribution in [0.5, 0.6) is 0 Å². The third-order valence-electron chi connectivity index (χ3n) is 4.91. The third kappa shape index (κ3) is 4.15. The van der Waals surface area contributed by atoms with Crippen LogP contribution < -0.4 is 5.32 Å². The van der Waals surface area contributed by atoms with Gasteiger partial charge in [-0.2, -0.15) is 0 Å². The minimum absolute atomic E-state index is 0.267. The summed E-state index contributed by atoms with van der Waals surface area (Å²) >= 11 is 0. The first-order valence-electron chi connectivity index (χ1n) is 7.93. The van der Waals surface area contributed by atoms with Gasteiger partial charge in [0.1, 0.15) is 0 Å². The molecule has 4 nitrogen and oxygen atoms in total. The molecule has 3 N–H and O–H groups in total. The smallest absolute Gasteiger partial charge is 0.0443 e. The van der Waals surface area contributed by atoms with Crippen LogP contribution in [0.4, 0.5) is 0 Å². The molecule has 1 aliphatic heterocycles. The maximum Gasteiger partial charge on any atom is 0.0443 e. The van der Waals surface area contributed by atoms with E-state index in [4.69, 9.17) is 5.11 Å². The molecule has 0 radical (unpaired) electrons. The summed E-state index contributed by atoms with van der Waals surface area (Å²) in [6.07, 6.45) is 5.64. The molecule has 1 saturated carbocycles. The fourth-order valence-corrected chi connectivity index (χ4v) is 3.63. The zero-order valence-electron chi connectivity index (χ0n) is 12.2. The molecule has 0 amide bonds. The fourth-order valence-electron chi connectivity index (χ4n) is 3.63. The van der Waals surface area contributed by atoms with Gasteiger partial charge in [-0.15, -0.1) is 0 Å². The molecule has 1 heterocycles. The van der Waals surface area contributed by atoms with E-state index < -0.39 is 0 Å². The number of nitrogens with one attached hydrogen (secondary N) is 1. The lowest BCUT2D eigenvalue weighted by Gasteiger charge is -2.48. The van der Waals surface area contributed by atoms with Gasteiger partial charge in [-0.25, -0.2) is 0 Å². The lowest BCUT2D eigenvalue weighted by Crippen LogP contribution is -2.56. The minimum Gasteiger partial charge on any atom is -0.396 e. The Hall–Kier alpha value is -0.160. The van der Waals surface area contributed by atoms with E-state index in [1.807, 2.05) is 0 Å². The third-order valence-corrected chi connectivity index (χ3v) is 4.91. The maximum atomic E-state index is 9.19. The summed E-state index contributed by atoms with van der Waals surface area (Å²) in [5.74, 6) is 1.46. The lowest BCUT2D eigenvalue weighted by atomic mass is 9.78. The standard InChI is InChI=1S/C15H30N2O2/c1-12-3-4-15(12)17-10-13(5-8-19)9-14(11-17)16-6-2-7-18/h12-16,18-19H,2-11H2,1H3. The number of hydrogen-bond acceptors (Lipinski definition) is 4. The molecule has 4 atom stereocenters. The van der Waals surface area contributed by atoms with Gasteiger partial charge in [-0.1, -0.05) is 6.92 Å². The number of piperidine rings is 1. The van der Waals surface area contributed by atoms with Crippen LogP contribution in [-0.2, 0) is 0 Å². The molecule has 4 heteroatoms. The topological polar surface area (TPSA) is 55.7 Å². The molecule has 1 saturated heterocycles. The first-order chi connectivity index (χ1) is 9.24. The number of nitrogens with zero attached hydrogens (tertiary/aromatic N) is 1. The monoisotopic (exact) mass is 270 g/mol. The van der Waals surface area contributed by atoms with Gasteiger partial charge in [-0.05, 0) is 50.5 Å². The van der Waals surface area contributed by atoms with Crippen molar-refractivity contribution < 1.29 is 10.2 Å². The molecule has 4 unspecified atom stereocenters. The number of likely N-dealkylation sites (tertiary alicyclic amines) is 1. The fraction of sp³-hybridized carbons (Fsp3) is 1.00. The second-order valence-electron chi connectivity index (χ2n) is 6.42. The molecular formula is C15H30N2O2. The lowest BCUT2D eigenvalue weighted by molar-refractivity contribution is 0.0178. The van der Waals surface area contributed by atoms with Crippen LogP contribution >= 0.6 is 0 Å². The summed E-state index contributed by atoms with van der Waals surface area (Å²) in [5, 5.41) is 21.6. The highest BCUT2D eigenvalue weighted by Gasteiger charge is 2.37. The van der Waals surface area contributed by atoms with E-state index in [2.05, 4.69) is 17.1 Å². The Labute approximate surface area is 117 Å². The second-order valence-corrected chi connectivity index (χ2v) is 6.42. The van der Waals surface area contributed by atoms with Gasteiger partial charge in [0, 0.05) is 38.4 Å². The number of aliphatic hydroxyl groups excluding tert-OH is 2. The van der Waals surface area contributed by atoms with E-state index in [9.17, 15) is 5.11 Å². The van der Waals surface area contributed by atoms with Crippen LogP contribution in [0.25, 0.3) is 0 Å². The highest BCUT2D eigenvalue weighted by Crippen LogP contribution is 2.34. The van der Waals surface area contributed by atoms with E-state index >= 15 is 0 Å². The summed E-state index contributed by atoms with van der Waals surface area (Å²) in [4.78, 5) is 2.65. The van der Waals surface area contributed by atoms with Gasteiger partial charge in [0.2, 0.25) is 0 Å². The molecule has 112 valence electrons. The summed E-state index contributed by atoms with van der Waals surface area (Å²) in [7, 11) is 0. The Morgan fingerprint density at radius 3 is 2.58 bits per heavy atom. The minimum atomic E-state index is 0.267. The van der Waals surface area contributed by atoms with Gasteiger partial charge in [0.25, 0.3) is 0 Å². The van der Waals surface area contributed by atoms with E-state index in [1.54, 1.807) is 0 Å². The molecule has 0 aromatic carbocycles. The predicted molar refractivity (Wildman–Crippen MR) is 77.1 cm³/mol. The van der Waals surface area contributed by atoms with Crippen molar-refractivity contribution in [3.05, 3.63) is 0 Å². The van der Waals surface area contributed by atoms with Crippen molar-refractivity contribution in [2.45, 2.75) is 51.1 Å². The predicted octanol–water partition coefficient (Wildman–Crippen LogP) is 0.830.